The smallest absolute Gasteiger partial charge is 0.119 e. The highest BCUT2D eigenvalue weighted by Gasteiger charge is 2.23. The van der Waals surface area contributed by atoms with Gasteiger partial charge in [-0.2, -0.15) is 0 Å². The minimum atomic E-state index is -0.417. The molecule has 0 amide bonds. The number of hydrogen-bond acceptors (Lipinski definition) is 4. The molecule has 0 bridgehead atoms. The average Bonchev–Trinajstić information content (AvgIpc) is 2.72. The minimum Gasteiger partial charge on any atom is -0.491 e. The summed E-state index contributed by atoms with van der Waals surface area (Å²) in [5.74, 6) is 1.54. The zero-order chi connectivity index (χ0) is 21.3. The van der Waals surface area contributed by atoms with Crippen LogP contribution in [0, 0.1) is 0 Å². The lowest BCUT2D eigenvalue weighted by Gasteiger charge is -2.26. The van der Waals surface area contributed by atoms with Gasteiger partial charge in [0.1, 0.15) is 24.7 Å². The minimum absolute atomic E-state index is 0.166. The van der Waals surface area contributed by atoms with Crippen LogP contribution < -0.4 is 9.47 Å². The van der Waals surface area contributed by atoms with Crippen molar-refractivity contribution in [1.82, 2.24) is 0 Å². The maximum atomic E-state index is 9.81. The first-order valence-electron chi connectivity index (χ1n) is 10.7. The highest BCUT2D eigenvalue weighted by atomic mass is 16.5. The molecule has 0 spiro atoms. The molecule has 2 unspecified atom stereocenters. The summed E-state index contributed by atoms with van der Waals surface area (Å²) in [4.78, 5) is 0. The predicted octanol–water partition coefficient (Wildman–Crippen LogP) is 5.09. The molecule has 0 saturated carbocycles. The van der Waals surface area contributed by atoms with E-state index in [9.17, 15) is 10.2 Å². The lowest BCUT2D eigenvalue weighted by Crippen LogP contribution is -2.20. The van der Waals surface area contributed by atoms with Gasteiger partial charge in [0.2, 0.25) is 0 Å². The van der Waals surface area contributed by atoms with Crippen molar-refractivity contribution in [1.29, 1.82) is 0 Å². The number of benzene rings is 2. The summed E-state index contributed by atoms with van der Waals surface area (Å²) in [7, 11) is 0. The molecule has 2 rings (SSSR count). The second-order valence-electron chi connectivity index (χ2n) is 8.18. The van der Waals surface area contributed by atoms with Gasteiger partial charge in [-0.3, -0.25) is 0 Å². The van der Waals surface area contributed by atoms with E-state index in [4.69, 9.17) is 9.47 Å². The van der Waals surface area contributed by atoms with Gasteiger partial charge < -0.3 is 19.7 Å². The number of ether oxygens (including phenoxy) is 2. The van der Waals surface area contributed by atoms with Gasteiger partial charge in [0.15, 0.2) is 0 Å². The van der Waals surface area contributed by atoms with Gasteiger partial charge in [0, 0.05) is 5.41 Å². The van der Waals surface area contributed by atoms with Crippen LogP contribution >= 0.6 is 0 Å². The predicted molar refractivity (Wildman–Crippen MR) is 118 cm³/mol. The van der Waals surface area contributed by atoms with E-state index in [1.54, 1.807) is 0 Å². The fourth-order valence-corrected chi connectivity index (χ4v) is 3.32. The third-order valence-corrected chi connectivity index (χ3v) is 5.28. The zero-order valence-electron chi connectivity index (χ0n) is 18.2. The highest BCUT2D eigenvalue weighted by Crippen LogP contribution is 2.33. The number of hydrogen-bond donors (Lipinski definition) is 2. The normalized spacial score (nSPS) is 13.7. The van der Waals surface area contributed by atoms with Crippen molar-refractivity contribution in [3.63, 3.8) is 0 Å². The molecule has 0 aliphatic heterocycles. The molecule has 4 heteroatoms. The molecule has 0 aliphatic carbocycles. The van der Waals surface area contributed by atoms with E-state index in [0.717, 1.165) is 37.2 Å². The Morgan fingerprint density at radius 3 is 1.34 bits per heavy atom. The number of aliphatic hydroxyl groups excluding tert-OH is 2. The number of rotatable bonds is 12. The molecule has 4 nitrogen and oxygen atoms in total. The SMILES string of the molecule is CCCC(O)COc1ccc(C(C)(C)c2ccc(OCC(O)CCC)cc2)cc1. The van der Waals surface area contributed by atoms with Gasteiger partial charge in [0.25, 0.3) is 0 Å². The van der Waals surface area contributed by atoms with Gasteiger partial charge in [0.05, 0.1) is 12.2 Å². The molecule has 29 heavy (non-hydrogen) atoms. The van der Waals surface area contributed by atoms with Gasteiger partial charge >= 0.3 is 0 Å². The topological polar surface area (TPSA) is 58.9 Å². The summed E-state index contributed by atoms with van der Waals surface area (Å²) in [6, 6.07) is 16.1. The summed E-state index contributed by atoms with van der Waals surface area (Å²) < 4.78 is 11.4. The second kappa shape index (κ2) is 11.2. The van der Waals surface area contributed by atoms with Gasteiger partial charge in [-0.15, -0.1) is 0 Å². The Morgan fingerprint density at radius 1 is 0.690 bits per heavy atom. The fourth-order valence-electron chi connectivity index (χ4n) is 3.32. The molecule has 2 atom stereocenters. The van der Waals surface area contributed by atoms with Crippen LogP contribution in [-0.2, 0) is 5.41 Å². The Balaban J connectivity index is 1.98. The summed E-state index contributed by atoms with van der Waals surface area (Å²) in [6.45, 7) is 9.13. The Bertz CT molecular complexity index is 645. The van der Waals surface area contributed by atoms with Crippen molar-refractivity contribution in [3.05, 3.63) is 59.7 Å². The third kappa shape index (κ3) is 7.06. The van der Waals surface area contributed by atoms with E-state index in [0.29, 0.717) is 13.2 Å². The molecule has 0 fully saturated rings. The van der Waals surface area contributed by atoms with E-state index >= 15 is 0 Å². The molecule has 2 aromatic rings. The number of aliphatic hydroxyl groups is 2. The van der Waals surface area contributed by atoms with Crippen LogP contribution in [0.1, 0.15) is 64.5 Å². The Hall–Kier alpha value is -2.04. The van der Waals surface area contributed by atoms with Crippen molar-refractivity contribution in [2.75, 3.05) is 13.2 Å². The second-order valence-corrected chi connectivity index (χ2v) is 8.18. The van der Waals surface area contributed by atoms with Gasteiger partial charge in [-0.1, -0.05) is 64.8 Å². The summed E-state index contributed by atoms with van der Waals surface area (Å²) in [5.41, 5.74) is 2.21. The van der Waals surface area contributed by atoms with Crippen LogP contribution in [-0.4, -0.2) is 35.6 Å². The average molecular weight is 401 g/mol. The third-order valence-electron chi connectivity index (χ3n) is 5.28. The van der Waals surface area contributed by atoms with E-state index in [-0.39, 0.29) is 5.41 Å². The summed E-state index contributed by atoms with van der Waals surface area (Å²) in [5, 5.41) is 19.6. The summed E-state index contributed by atoms with van der Waals surface area (Å²) >= 11 is 0. The van der Waals surface area contributed by atoms with Crippen LogP contribution in [0.4, 0.5) is 0 Å². The zero-order valence-corrected chi connectivity index (χ0v) is 18.2. The monoisotopic (exact) mass is 400 g/mol. The van der Waals surface area contributed by atoms with Crippen LogP contribution in [0.15, 0.2) is 48.5 Å². The molecule has 0 saturated heterocycles. The van der Waals surface area contributed by atoms with Gasteiger partial charge in [-0.25, -0.2) is 0 Å². The van der Waals surface area contributed by atoms with E-state index in [1.165, 1.54) is 11.1 Å². The van der Waals surface area contributed by atoms with E-state index in [2.05, 4.69) is 52.0 Å². The first-order chi connectivity index (χ1) is 13.9. The molecule has 0 heterocycles. The molecule has 0 aliphatic rings. The van der Waals surface area contributed by atoms with Crippen molar-refractivity contribution in [2.24, 2.45) is 0 Å². The molecule has 2 aromatic carbocycles. The Labute approximate surface area is 175 Å². The first kappa shape index (κ1) is 23.2. The van der Waals surface area contributed by atoms with Gasteiger partial charge in [-0.05, 0) is 48.2 Å². The molecular formula is C25H36O4. The molecular weight excluding hydrogens is 364 g/mol. The van der Waals surface area contributed by atoms with E-state index in [1.807, 2.05) is 24.3 Å². The highest BCUT2D eigenvalue weighted by molar-refractivity contribution is 5.41. The standard InChI is InChI=1S/C25H36O4/c1-5-7-21(26)17-28-23-13-9-19(10-14-23)25(3,4)20-11-15-24(16-12-20)29-18-22(27)8-6-2/h9-16,21-22,26-27H,5-8,17-18H2,1-4H3. The molecule has 160 valence electrons. The lowest BCUT2D eigenvalue weighted by molar-refractivity contribution is 0.0992. The van der Waals surface area contributed by atoms with E-state index < -0.39 is 12.2 Å². The maximum Gasteiger partial charge on any atom is 0.119 e. The van der Waals surface area contributed by atoms with Crippen molar-refractivity contribution in [3.8, 4) is 11.5 Å². The van der Waals surface area contributed by atoms with Crippen LogP contribution in [0.25, 0.3) is 0 Å². The molecule has 2 N–H and O–H groups in total. The largest absolute Gasteiger partial charge is 0.491 e. The Kier molecular flexibility index (Phi) is 8.99. The molecule has 0 aromatic heterocycles. The van der Waals surface area contributed by atoms with Crippen molar-refractivity contribution in [2.45, 2.75) is 71.0 Å². The Morgan fingerprint density at radius 2 is 1.03 bits per heavy atom. The summed E-state index contributed by atoms with van der Waals surface area (Å²) in [6.07, 6.45) is 2.56. The van der Waals surface area contributed by atoms with Crippen LogP contribution in [0.3, 0.4) is 0 Å². The van der Waals surface area contributed by atoms with Crippen molar-refractivity contribution >= 4 is 0 Å². The van der Waals surface area contributed by atoms with Crippen LogP contribution in [0.5, 0.6) is 11.5 Å². The van der Waals surface area contributed by atoms with Crippen molar-refractivity contribution < 1.29 is 19.7 Å². The van der Waals surface area contributed by atoms with Crippen LogP contribution in [0.2, 0.25) is 0 Å². The maximum absolute atomic E-state index is 9.81. The molecule has 0 radical (unpaired) electrons. The first-order valence-corrected chi connectivity index (χ1v) is 10.7. The fraction of sp³-hybridized carbons (Fsp3) is 0.520. The quantitative estimate of drug-likeness (QED) is 0.521. The lowest BCUT2D eigenvalue weighted by atomic mass is 9.78.